The van der Waals surface area contributed by atoms with Crippen LogP contribution in [0.15, 0.2) is 36.5 Å². The highest BCUT2D eigenvalue weighted by molar-refractivity contribution is 6.31. The number of nitrogens with one attached hydrogen (secondary N) is 1. The van der Waals surface area contributed by atoms with E-state index in [4.69, 9.17) is 16.7 Å². The smallest absolute Gasteiger partial charge is 0.307 e. The number of benzene rings is 1. The third-order valence-corrected chi connectivity index (χ3v) is 3.80. The van der Waals surface area contributed by atoms with Crippen molar-refractivity contribution in [2.24, 2.45) is 0 Å². The molecule has 0 aliphatic rings. The molecule has 2 aromatic heterocycles. The van der Waals surface area contributed by atoms with Gasteiger partial charge in [0.25, 0.3) is 0 Å². The number of carbonyl (C=O) groups is 2. The SMILES string of the molecule is Cc1ccc(C(=O)c2[nH]c3ccc(Cl)cc3c2CC(=O)O)nc1. The Morgan fingerprint density at radius 2 is 2.04 bits per heavy atom. The molecular weight excluding hydrogens is 316 g/mol. The Morgan fingerprint density at radius 1 is 1.26 bits per heavy atom. The number of aliphatic carboxylic acids is 1. The number of H-pyrrole nitrogens is 1. The van der Waals surface area contributed by atoms with Crippen molar-refractivity contribution in [3.63, 3.8) is 0 Å². The molecule has 0 bridgehead atoms. The van der Waals surface area contributed by atoms with Gasteiger partial charge in [0.1, 0.15) is 5.69 Å². The van der Waals surface area contributed by atoms with Crippen LogP contribution in [-0.4, -0.2) is 26.8 Å². The first kappa shape index (κ1) is 15.2. The predicted octanol–water partition coefficient (Wildman–Crippen LogP) is 3.38. The Labute approximate surface area is 136 Å². The fourth-order valence-electron chi connectivity index (χ4n) is 2.48. The van der Waals surface area contributed by atoms with Crippen LogP contribution in [0.25, 0.3) is 10.9 Å². The van der Waals surface area contributed by atoms with Gasteiger partial charge in [-0.25, -0.2) is 0 Å². The van der Waals surface area contributed by atoms with Crippen molar-refractivity contribution in [2.75, 3.05) is 0 Å². The van der Waals surface area contributed by atoms with E-state index in [0.717, 1.165) is 5.56 Å². The summed E-state index contributed by atoms with van der Waals surface area (Å²) in [6.07, 6.45) is 1.33. The number of fused-ring (bicyclic) bond motifs is 1. The van der Waals surface area contributed by atoms with Crippen LogP contribution in [0.4, 0.5) is 0 Å². The van der Waals surface area contributed by atoms with Crippen LogP contribution in [0.2, 0.25) is 5.02 Å². The topological polar surface area (TPSA) is 83.0 Å². The van der Waals surface area contributed by atoms with Crippen LogP contribution < -0.4 is 0 Å². The number of hydrogen-bond acceptors (Lipinski definition) is 3. The van der Waals surface area contributed by atoms with Gasteiger partial charge in [-0.3, -0.25) is 14.6 Å². The van der Waals surface area contributed by atoms with E-state index in [1.165, 1.54) is 0 Å². The molecule has 0 spiro atoms. The second-order valence-electron chi connectivity index (χ2n) is 5.29. The second-order valence-corrected chi connectivity index (χ2v) is 5.73. The van der Waals surface area contributed by atoms with E-state index in [1.54, 1.807) is 36.5 Å². The number of carboxylic acid groups (broad SMARTS) is 1. The number of carbonyl (C=O) groups excluding carboxylic acids is 1. The van der Waals surface area contributed by atoms with E-state index < -0.39 is 5.97 Å². The van der Waals surface area contributed by atoms with Crippen molar-refractivity contribution in [2.45, 2.75) is 13.3 Å². The molecule has 3 aromatic rings. The first-order valence-corrected chi connectivity index (χ1v) is 7.33. The highest BCUT2D eigenvalue weighted by Crippen LogP contribution is 2.27. The maximum Gasteiger partial charge on any atom is 0.307 e. The van der Waals surface area contributed by atoms with Gasteiger partial charge >= 0.3 is 5.97 Å². The molecule has 0 aliphatic carbocycles. The van der Waals surface area contributed by atoms with Crippen molar-refractivity contribution in [3.05, 3.63) is 64.1 Å². The van der Waals surface area contributed by atoms with Gasteiger partial charge in [-0.15, -0.1) is 0 Å². The molecule has 0 radical (unpaired) electrons. The first-order chi connectivity index (χ1) is 11.0. The summed E-state index contributed by atoms with van der Waals surface area (Å²) in [4.78, 5) is 31.0. The first-order valence-electron chi connectivity index (χ1n) is 6.95. The molecule has 23 heavy (non-hydrogen) atoms. The van der Waals surface area contributed by atoms with Crippen LogP contribution >= 0.6 is 11.6 Å². The lowest BCUT2D eigenvalue weighted by Gasteiger charge is -2.02. The van der Waals surface area contributed by atoms with Gasteiger partial charge in [-0.2, -0.15) is 0 Å². The van der Waals surface area contributed by atoms with Gasteiger partial charge in [-0.1, -0.05) is 17.7 Å². The minimum absolute atomic E-state index is 0.237. The summed E-state index contributed by atoms with van der Waals surface area (Å²) in [6, 6.07) is 8.48. The summed E-state index contributed by atoms with van der Waals surface area (Å²) in [7, 11) is 0. The highest BCUT2D eigenvalue weighted by Gasteiger charge is 2.21. The minimum atomic E-state index is -1.02. The summed E-state index contributed by atoms with van der Waals surface area (Å²) in [5.74, 6) is -1.36. The number of aromatic amines is 1. The van der Waals surface area contributed by atoms with Crippen LogP contribution in [0.1, 0.15) is 27.3 Å². The molecule has 6 heteroatoms. The molecule has 2 heterocycles. The standard InChI is InChI=1S/C17H13ClN2O3/c1-9-2-4-14(19-8-9)17(23)16-12(7-15(21)22)11-6-10(18)3-5-13(11)20-16/h2-6,8,20H,7H2,1H3,(H,21,22). The quantitative estimate of drug-likeness (QED) is 0.719. The Hall–Kier alpha value is -2.66. The van der Waals surface area contributed by atoms with Crippen molar-refractivity contribution in [1.29, 1.82) is 0 Å². The zero-order chi connectivity index (χ0) is 16.6. The normalized spacial score (nSPS) is 10.9. The Kier molecular flexibility index (Phi) is 3.88. The fraction of sp³-hybridized carbons (Fsp3) is 0.118. The number of hydrogen-bond donors (Lipinski definition) is 2. The Bertz CT molecular complexity index is 913. The highest BCUT2D eigenvalue weighted by atomic mass is 35.5. The molecule has 116 valence electrons. The van der Waals surface area contributed by atoms with E-state index in [1.807, 2.05) is 6.92 Å². The van der Waals surface area contributed by atoms with Crippen LogP contribution in [0.5, 0.6) is 0 Å². The van der Waals surface area contributed by atoms with Gasteiger partial charge < -0.3 is 10.1 Å². The van der Waals surface area contributed by atoms with Crippen LogP contribution in [0, 0.1) is 6.92 Å². The van der Waals surface area contributed by atoms with E-state index >= 15 is 0 Å². The molecule has 0 aliphatic heterocycles. The molecule has 3 rings (SSSR count). The molecule has 0 unspecified atom stereocenters. The lowest BCUT2D eigenvalue weighted by atomic mass is 10.0. The van der Waals surface area contributed by atoms with Gasteiger partial charge in [0.2, 0.25) is 5.78 Å². The number of carboxylic acids is 1. The zero-order valence-electron chi connectivity index (χ0n) is 12.3. The van der Waals surface area contributed by atoms with Gasteiger partial charge in [-0.05, 0) is 36.8 Å². The maximum absolute atomic E-state index is 12.7. The average molecular weight is 329 g/mol. The third kappa shape index (κ3) is 2.96. The number of nitrogens with zero attached hydrogens (tertiary/aromatic N) is 1. The predicted molar refractivity (Wildman–Crippen MR) is 87.1 cm³/mol. The summed E-state index contributed by atoms with van der Waals surface area (Å²) >= 11 is 5.99. The van der Waals surface area contributed by atoms with E-state index in [-0.39, 0.29) is 23.6 Å². The van der Waals surface area contributed by atoms with Gasteiger partial charge in [0, 0.05) is 27.7 Å². The average Bonchev–Trinajstić information content (AvgIpc) is 2.85. The Balaban J connectivity index is 2.17. The molecule has 2 N–H and O–H groups in total. The molecule has 0 atom stereocenters. The summed E-state index contributed by atoms with van der Waals surface area (Å²) in [5.41, 5.74) is 2.53. The number of halogens is 1. The lowest BCUT2D eigenvalue weighted by Crippen LogP contribution is -2.10. The van der Waals surface area contributed by atoms with E-state index in [2.05, 4.69) is 9.97 Å². The summed E-state index contributed by atoms with van der Waals surface area (Å²) < 4.78 is 0. The van der Waals surface area contributed by atoms with E-state index in [9.17, 15) is 9.59 Å². The minimum Gasteiger partial charge on any atom is -0.481 e. The molecule has 0 saturated carbocycles. The molecule has 0 saturated heterocycles. The largest absolute Gasteiger partial charge is 0.481 e. The molecular formula is C17H13ClN2O3. The van der Waals surface area contributed by atoms with Crippen molar-refractivity contribution in [3.8, 4) is 0 Å². The van der Waals surface area contributed by atoms with Gasteiger partial charge in [0.05, 0.1) is 12.1 Å². The monoisotopic (exact) mass is 328 g/mol. The zero-order valence-corrected chi connectivity index (χ0v) is 13.0. The molecule has 0 fully saturated rings. The lowest BCUT2D eigenvalue weighted by molar-refractivity contribution is -0.136. The van der Waals surface area contributed by atoms with Crippen molar-refractivity contribution in [1.82, 2.24) is 9.97 Å². The van der Waals surface area contributed by atoms with Crippen LogP contribution in [0.3, 0.4) is 0 Å². The van der Waals surface area contributed by atoms with Gasteiger partial charge in [0.15, 0.2) is 0 Å². The molecule has 0 amide bonds. The van der Waals surface area contributed by atoms with E-state index in [0.29, 0.717) is 21.5 Å². The molecule has 5 nitrogen and oxygen atoms in total. The summed E-state index contributed by atoms with van der Waals surface area (Å²) in [6.45, 7) is 1.88. The third-order valence-electron chi connectivity index (χ3n) is 3.57. The number of rotatable bonds is 4. The summed E-state index contributed by atoms with van der Waals surface area (Å²) in [5, 5.41) is 10.3. The Morgan fingerprint density at radius 3 is 2.70 bits per heavy atom. The fourth-order valence-corrected chi connectivity index (χ4v) is 2.65. The second kappa shape index (κ2) is 5.85. The van der Waals surface area contributed by atoms with Crippen molar-refractivity contribution >= 4 is 34.3 Å². The number of pyridine rings is 1. The molecule has 1 aromatic carbocycles. The number of ketones is 1. The maximum atomic E-state index is 12.7. The number of aryl methyl sites for hydroxylation is 1. The number of aromatic nitrogens is 2. The van der Waals surface area contributed by atoms with Crippen molar-refractivity contribution < 1.29 is 14.7 Å². The van der Waals surface area contributed by atoms with Crippen LogP contribution in [-0.2, 0) is 11.2 Å².